The van der Waals surface area contributed by atoms with Crippen LogP contribution >= 0.6 is 0 Å². The number of sulfonamides is 1. The number of fused-ring (bicyclic) bond motifs is 1. The van der Waals surface area contributed by atoms with Crippen molar-refractivity contribution in [2.24, 2.45) is 0 Å². The van der Waals surface area contributed by atoms with Crippen LogP contribution < -0.4 is 18.9 Å². The van der Waals surface area contributed by atoms with Crippen LogP contribution in [0.15, 0.2) is 47.4 Å². The largest absolute Gasteiger partial charge is 0.497 e. The average molecular weight is 449 g/mol. The summed E-state index contributed by atoms with van der Waals surface area (Å²) in [6.07, 6.45) is 0.193. The van der Waals surface area contributed by atoms with Crippen LogP contribution in [0.25, 0.3) is 0 Å². The minimum absolute atomic E-state index is 0.0282. The zero-order chi connectivity index (χ0) is 22.3. The summed E-state index contributed by atoms with van der Waals surface area (Å²) in [5.74, 6) is 0.569. The SMILES string of the molecule is COc1ccc(C(=O)COC(=O)CCCNS(=O)(=O)c2ccc3c(c2)OCCO3)cc1. The maximum Gasteiger partial charge on any atom is 0.306 e. The van der Waals surface area contributed by atoms with Crippen molar-refractivity contribution in [3.05, 3.63) is 48.0 Å². The standard InChI is InChI=1S/C21H23NO8S/c1-27-16-6-4-15(5-7-16)18(23)14-30-21(24)3-2-10-22-31(25,26)17-8-9-19-20(13-17)29-12-11-28-19/h4-9,13,22H,2-3,10-12,14H2,1H3. The van der Waals surface area contributed by atoms with E-state index in [0.29, 0.717) is 36.0 Å². The number of hydrogen-bond acceptors (Lipinski definition) is 8. The minimum Gasteiger partial charge on any atom is -0.497 e. The Morgan fingerprint density at radius 2 is 1.74 bits per heavy atom. The summed E-state index contributed by atoms with van der Waals surface area (Å²) in [6.45, 7) is 0.429. The topological polar surface area (TPSA) is 117 Å². The highest BCUT2D eigenvalue weighted by molar-refractivity contribution is 7.89. The summed E-state index contributed by atoms with van der Waals surface area (Å²) in [5, 5.41) is 0. The minimum atomic E-state index is -3.76. The maximum absolute atomic E-state index is 12.4. The van der Waals surface area contributed by atoms with Crippen molar-refractivity contribution < 1.29 is 37.0 Å². The molecule has 0 saturated carbocycles. The number of Topliss-reactive ketones (excluding diaryl/α,β-unsaturated/α-hetero) is 1. The van der Waals surface area contributed by atoms with Crippen LogP contribution in [-0.4, -0.2) is 53.6 Å². The molecular formula is C21H23NO8S. The van der Waals surface area contributed by atoms with Gasteiger partial charge in [0.25, 0.3) is 0 Å². The number of hydrogen-bond donors (Lipinski definition) is 1. The fraction of sp³-hybridized carbons (Fsp3) is 0.333. The first kappa shape index (κ1) is 22.6. The van der Waals surface area contributed by atoms with Gasteiger partial charge in [-0.2, -0.15) is 0 Å². The number of ether oxygens (including phenoxy) is 4. The second kappa shape index (κ2) is 10.3. The van der Waals surface area contributed by atoms with Crippen molar-refractivity contribution in [3.8, 4) is 17.2 Å². The van der Waals surface area contributed by atoms with Crippen molar-refractivity contribution in [2.75, 3.05) is 33.5 Å². The van der Waals surface area contributed by atoms with Gasteiger partial charge in [0.15, 0.2) is 23.9 Å². The van der Waals surface area contributed by atoms with Crippen LogP contribution in [-0.2, 0) is 19.6 Å². The molecular weight excluding hydrogens is 426 g/mol. The molecule has 0 saturated heterocycles. The van der Waals surface area contributed by atoms with Crippen molar-refractivity contribution in [2.45, 2.75) is 17.7 Å². The van der Waals surface area contributed by atoms with E-state index in [4.69, 9.17) is 18.9 Å². The van der Waals surface area contributed by atoms with Crippen molar-refractivity contribution in [1.29, 1.82) is 0 Å². The first-order chi connectivity index (χ1) is 14.9. The predicted octanol–water partition coefficient (Wildman–Crippen LogP) is 1.95. The molecule has 2 aromatic carbocycles. The normalized spacial score (nSPS) is 12.8. The number of carbonyl (C=O) groups is 2. The molecule has 0 aliphatic carbocycles. The van der Waals surface area contributed by atoms with Gasteiger partial charge >= 0.3 is 5.97 Å². The summed E-state index contributed by atoms with van der Waals surface area (Å²) in [7, 11) is -2.24. The molecule has 0 radical (unpaired) electrons. The Hall–Kier alpha value is -3.11. The number of benzene rings is 2. The number of esters is 1. The Morgan fingerprint density at radius 1 is 1.03 bits per heavy atom. The monoisotopic (exact) mass is 449 g/mol. The van der Waals surface area contributed by atoms with E-state index >= 15 is 0 Å². The molecule has 0 aromatic heterocycles. The van der Waals surface area contributed by atoms with Crippen LogP contribution in [0.4, 0.5) is 0 Å². The summed E-state index contributed by atoms with van der Waals surface area (Å²) in [4.78, 5) is 23.9. The second-order valence-corrected chi connectivity index (χ2v) is 8.39. The molecule has 1 aliphatic rings. The lowest BCUT2D eigenvalue weighted by Crippen LogP contribution is -2.26. The Kier molecular flexibility index (Phi) is 7.48. The van der Waals surface area contributed by atoms with Gasteiger partial charge in [-0.15, -0.1) is 0 Å². The zero-order valence-electron chi connectivity index (χ0n) is 17.0. The summed E-state index contributed by atoms with van der Waals surface area (Å²) < 4.78 is 48.0. The summed E-state index contributed by atoms with van der Waals surface area (Å²) >= 11 is 0. The summed E-state index contributed by atoms with van der Waals surface area (Å²) in [5.41, 5.74) is 0.404. The number of nitrogens with one attached hydrogen (secondary N) is 1. The fourth-order valence-electron chi connectivity index (χ4n) is 2.79. The van der Waals surface area contributed by atoms with Crippen LogP contribution in [0, 0.1) is 0 Å². The lowest BCUT2D eigenvalue weighted by atomic mass is 10.1. The molecule has 31 heavy (non-hydrogen) atoms. The van der Waals surface area contributed by atoms with E-state index < -0.39 is 16.0 Å². The van der Waals surface area contributed by atoms with E-state index in [2.05, 4.69) is 4.72 Å². The molecule has 0 bridgehead atoms. The highest BCUT2D eigenvalue weighted by Gasteiger charge is 2.19. The van der Waals surface area contributed by atoms with E-state index in [0.717, 1.165) is 0 Å². The fourth-order valence-corrected chi connectivity index (χ4v) is 3.88. The molecule has 0 fully saturated rings. The third-order valence-corrected chi connectivity index (χ3v) is 5.91. The van der Waals surface area contributed by atoms with E-state index in [1.807, 2.05) is 0 Å². The Bertz CT molecular complexity index is 1030. The van der Waals surface area contributed by atoms with Gasteiger partial charge in [-0.3, -0.25) is 9.59 Å². The molecule has 3 rings (SSSR count). The van der Waals surface area contributed by atoms with Gasteiger partial charge < -0.3 is 18.9 Å². The molecule has 1 aliphatic heterocycles. The third kappa shape index (κ3) is 6.19. The molecule has 0 atom stereocenters. The smallest absolute Gasteiger partial charge is 0.306 e. The number of carbonyl (C=O) groups excluding carboxylic acids is 2. The van der Waals surface area contributed by atoms with Gasteiger partial charge in [0.1, 0.15) is 19.0 Å². The van der Waals surface area contributed by atoms with Crippen molar-refractivity contribution in [1.82, 2.24) is 4.72 Å². The van der Waals surface area contributed by atoms with E-state index in [1.165, 1.54) is 19.2 Å². The van der Waals surface area contributed by atoms with Crippen LogP contribution in [0.5, 0.6) is 17.2 Å². The maximum atomic E-state index is 12.4. The number of methoxy groups -OCH3 is 1. The molecule has 0 amide bonds. The second-order valence-electron chi connectivity index (χ2n) is 6.62. The van der Waals surface area contributed by atoms with Crippen molar-refractivity contribution >= 4 is 21.8 Å². The molecule has 0 unspecified atom stereocenters. The van der Waals surface area contributed by atoms with Crippen LogP contribution in [0.2, 0.25) is 0 Å². The van der Waals surface area contributed by atoms with Gasteiger partial charge in [-0.25, -0.2) is 13.1 Å². The third-order valence-electron chi connectivity index (χ3n) is 4.45. The van der Waals surface area contributed by atoms with E-state index in [1.54, 1.807) is 30.3 Å². The highest BCUT2D eigenvalue weighted by Crippen LogP contribution is 2.32. The highest BCUT2D eigenvalue weighted by atomic mass is 32.2. The molecule has 10 heteroatoms. The molecule has 0 spiro atoms. The van der Waals surface area contributed by atoms with Gasteiger partial charge in [0.2, 0.25) is 10.0 Å². The summed E-state index contributed by atoms with van der Waals surface area (Å²) in [6, 6.07) is 10.8. The molecule has 2 aromatic rings. The number of rotatable bonds is 10. The van der Waals surface area contributed by atoms with Gasteiger partial charge in [0, 0.05) is 24.6 Å². The first-order valence-electron chi connectivity index (χ1n) is 9.61. The molecule has 1 heterocycles. The van der Waals surface area contributed by atoms with Crippen molar-refractivity contribution in [3.63, 3.8) is 0 Å². The van der Waals surface area contributed by atoms with Gasteiger partial charge in [0.05, 0.1) is 12.0 Å². The Balaban J connectivity index is 1.40. The average Bonchev–Trinajstić information content (AvgIpc) is 2.80. The zero-order valence-corrected chi connectivity index (χ0v) is 17.8. The first-order valence-corrected chi connectivity index (χ1v) is 11.1. The van der Waals surface area contributed by atoms with Gasteiger partial charge in [-0.1, -0.05) is 0 Å². The molecule has 9 nitrogen and oxygen atoms in total. The van der Waals surface area contributed by atoms with Gasteiger partial charge in [-0.05, 0) is 42.8 Å². The lowest BCUT2D eigenvalue weighted by Gasteiger charge is -2.18. The molecule has 1 N–H and O–H groups in total. The van der Waals surface area contributed by atoms with Crippen LogP contribution in [0.3, 0.4) is 0 Å². The molecule has 166 valence electrons. The number of ketones is 1. The Labute approximate surface area is 180 Å². The Morgan fingerprint density at radius 3 is 2.45 bits per heavy atom. The van der Waals surface area contributed by atoms with E-state index in [9.17, 15) is 18.0 Å². The quantitative estimate of drug-likeness (QED) is 0.332. The van der Waals surface area contributed by atoms with E-state index in [-0.39, 0.29) is 36.7 Å². The van der Waals surface area contributed by atoms with Crippen LogP contribution in [0.1, 0.15) is 23.2 Å². The predicted molar refractivity (Wildman–Crippen MR) is 110 cm³/mol. The lowest BCUT2D eigenvalue weighted by molar-refractivity contribution is -0.142.